The number of oxazole rings is 1. The van der Waals surface area contributed by atoms with Crippen LogP contribution in [0.4, 0.5) is 15.3 Å². The van der Waals surface area contributed by atoms with Crippen LogP contribution in [0.3, 0.4) is 0 Å². The molecule has 10 heteroatoms. The Kier molecular flexibility index (Phi) is 8.40. The molecular weight excluding hydrogens is 510 g/mol. The lowest BCUT2D eigenvalue weighted by Gasteiger charge is -2.28. The highest BCUT2D eigenvalue weighted by Crippen LogP contribution is 2.36. The SMILES string of the molecule is NC(=O)OCCCC(c1ncc(-c2ccc(Cl)cc2)o1)N(C(=O)O)c1cc(-c2ccccc2)ccc1C=O. The van der Waals surface area contributed by atoms with Crippen molar-refractivity contribution in [3.8, 4) is 22.5 Å². The molecule has 1 atom stereocenters. The summed E-state index contributed by atoms with van der Waals surface area (Å²) in [5.41, 5.74) is 7.68. The third-order valence-electron chi connectivity index (χ3n) is 5.85. The zero-order chi connectivity index (χ0) is 27.1. The van der Waals surface area contributed by atoms with Gasteiger partial charge in [-0.3, -0.25) is 9.69 Å². The van der Waals surface area contributed by atoms with Crippen molar-refractivity contribution in [1.29, 1.82) is 0 Å². The predicted molar refractivity (Wildman–Crippen MR) is 142 cm³/mol. The second-order valence-corrected chi connectivity index (χ2v) is 8.74. The van der Waals surface area contributed by atoms with E-state index >= 15 is 0 Å². The number of benzene rings is 3. The van der Waals surface area contributed by atoms with E-state index in [4.69, 9.17) is 26.5 Å². The van der Waals surface area contributed by atoms with Crippen LogP contribution in [0.25, 0.3) is 22.5 Å². The highest BCUT2D eigenvalue weighted by atomic mass is 35.5. The van der Waals surface area contributed by atoms with E-state index in [0.717, 1.165) is 16.0 Å². The Morgan fingerprint density at radius 3 is 2.42 bits per heavy atom. The molecule has 194 valence electrons. The Morgan fingerprint density at radius 2 is 1.76 bits per heavy atom. The van der Waals surface area contributed by atoms with Crippen LogP contribution in [0.15, 0.2) is 83.4 Å². The van der Waals surface area contributed by atoms with Crippen molar-refractivity contribution in [1.82, 2.24) is 4.98 Å². The van der Waals surface area contributed by atoms with Gasteiger partial charge in [-0.05, 0) is 60.4 Å². The number of carbonyl (C=O) groups is 3. The van der Waals surface area contributed by atoms with Crippen LogP contribution in [0.5, 0.6) is 0 Å². The van der Waals surface area contributed by atoms with Gasteiger partial charge in [0.05, 0.1) is 18.5 Å². The van der Waals surface area contributed by atoms with E-state index < -0.39 is 18.2 Å². The zero-order valence-electron chi connectivity index (χ0n) is 20.1. The maximum atomic E-state index is 12.7. The van der Waals surface area contributed by atoms with Gasteiger partial charge < -0.3 is 20.0 Å². The van der Waals surface area contributed by atoms with Crippen LogP contribution in [-0.4, -0.2) is 35.2 Å². The molecule has 0 bridgehead atoms. The number of carbonyl (C=O) groups excluding carboxylic acids is 2. The number of amides is 2. The Hall–Kier alpha value is -4.63. The minimum absolute atomic E-state index is 0.0331. The fourth-order valence-corrected chi connectivity index (χ4v) is 4.19. The van der Waals surface area contributed by atoms with Crippen molar-refractivity contribution in [3.05, 3.63) is 95.5 Å². The van der Waals surface area contributed by atoms with Crippen LogP contribution < -0.4 is 10.6 Å². The molecule has 0 fully saturated rings. The fourth-order valence-electron chi connectivity index (χ4n) is 4.07. The van der Waals surface area contributed by atoms with Crippen molar-refractivity contribution in [3.63, 3.8) is 0 Å². The van der Waals surface area contributed by atoms with Gasteiger partial charge in [-0.15, -0.1) is 0 Å². The second-order valence-electron chi connectivity index (χ2n) is 8.31. The molecule has 4 rings (SSSR count). The minimum atomic E-state index is -1.31. The molecule has 1 unspecified atom stereocenters. The molecule has 38 heavy (non-hydrogen) atoms. The maximum Gasteiger partial charge on any atom is 0.412 e. The van der Waals surface area contributed by atoms with Gasteiger partial charge in [-0.25, -0.2) is 14.6 Å². The van der Waals surface area contributed by atoms with Crippen LogP contribution >= 0.6 is 11.6 Å². The number of nitrogens with two attached hydrogens (primary N) is 1. The van der Waals surface area contributed by atoms with Crippen molar-refractivity contribution >= 4 is 35.8 Å². The molecule has 4 aromatic rings. The summed E-state index contributed by atoms with van der Waals surface area (Å²) in [5, 5.41) is 10.9. The number of halogens is 1. The molecule has 0 spiro atoms. The fraction of sp³-hybridized carbons (Fsp3) is 0.143. The van der Waals surface area contributed by atoms with Gasteiger partial charge in [-0.1, -0.05) is 48.0 Å². The van der Waals surface area contributed by atoms with Gasteiger partial charge in [-0.2, -0.15) is 0 Å². The van der Waals surface area contributed by atoms with E-state index in [-0.39, 0.29) is 36.6 Å². The first-order valence-electron chi connectivity index (χ1n) is 11.7. The zero-order valence-corrected chi connectivity index (χ0v) is 20.9. The summed E-state index contributed by atoms with van der Waals surface area (Å²) >= 11 is 5.99. The number of carboxylic acid groups (broad SMARTS) is 1. The minimum Gasteiger partial charge on any atom is -0.465 e. The van der Waals surface area contributed by atoms with Gasteiger partial charge in [0.15, 0.2) is 12.0 Å². The van der Waals surface area contributed by atoms with Crippen molar-refractivity contribution in [2.45, 2.75) is 18.9 Å². The number of aldehydes is 1. The van der Waals surface area contributed by atoms with Crippen molar-refractivity contribution < 1.29 is 28.6 Å². The first-order valence-corrected chi connectivity index (χ1v) is 12.1. The summed E-state index contributed by atoms with van der Waals surface area (Å²) < 4.78 is 10.8. The smallest absolute Gasteiger partial charge is 0.412 e. The Balaban J connectivity index is 1.77. The topological polar surface area (TPSA) is 136 Å². The van der Waals surface area contributed by atoms with Crippen LogP contribution in [0.2, 0.25) is 5.02 Å². The molecule has 9 nitrogen and oxygen atoms in total. The van der Waals surface area contributed by atoms with E-state index in [0.29, 0.717) is 22.6 Å². The standard InChI is InChI=1S/C28H24ClN3O6/c29-22-12-10-19(11-13-22)25-16-31-26(38-25)23(7-4-14-37-27(30)34)32(28(35)36)24-15-20(8-9-21(24)17-33)18-5-2-1-3-6-18/h1-3,5-6,8-13,15-17,23H,4,7,14H2,(H2,30,34)(H,35,36). The second kappa shape index (κ2) is 12.1. The quantitative estimate of drug-likeness (QED) is 0.173. The van der Waals surface area contributed by atoms with Gasteiger partial charge >= 0.3 is 12.2 Å². The molecule has 0 aliphatic carbocycles. The third kappa shape index (κ3) is 6.19. The largest absolute Gasteiger partial charge is 0.465 e. The Labute approximate surface area is 223 Å². The van der Waals surface area contributed by atoms with E-state index in [9.17, 15) is 19.5 Å². The van der Waals surface area contributed by atoms with Crippen LogP contribution in [0.1, 0.15) is 35.1 Å². The number of hydrogen-bond acceptors (Lipinski definition) is 6. The molecular formula is C28H24ClN3O6. The van der Waals surface area contributed by atoms with Crippen molar-refractivity contribution in [2.75, 3.05) is 11.5 Å². The molecule has 0 radical (unpaired) electrons. The summed E-state index contributed by atoms with van der Waals surface area (Å²) in [6.45, 7) is -0.0331. The molecule has 0 saturated heterocycles. The van der Waals surface area contributed by atoms with Crippen molar-refractivity contribution in [2.24, 2.45) is 5.73 Å². The first-order chi connectivity index (χ1) is 18.4. The molecule has 0 aliphatic rings. The number of hydrogen-bond donors (Lipinski definition) is 2. The summed E-state index contributed by atoms with van der Waals surface area (Å²) in [7, 11) is 0. The number of aromatic nitrogens is 1. The van der Waals surface area contributed by atoms with Gasteiger partial charge in [0.25, 0.3) is 0 Å². The highest BCUT2D eigenvalue weighted by Gasteiger charge is 2.32. The van der Waals surface area contributed by atoms with E-state index in [1.54, 1.807) is 42.5 Å². The van der Waals surface area contributed by atoms with Gasteiger partial charge in [0.1, 0.15) is 6.04 Å². The number of anilines is 1. The van der Waals surface area contributed by atoms with Gasteiger partial charge in [0, 0.05) is 16.1 Å². The van der Waals surface area contributed by atoms with Crippen LogP contribution in [0, 0.1) is 0 Å². The van der Waals surface area contributed by atoms with E-state index in [2.05, 4.69) is 4.98 Å². The number of rotatable bonds is 10. The lowest BCUT2D eigenvalue weighted by Crippen LogP contribution is -2.35. The average molecular weight is 534 g/mol. The molecule has 2 amide bonds. The first kappa shape index (κ1) is 26.4. The van der Waals surface area contributed by atoms with Gasteiger partial charge in [0.2, 0.25) is 5.89 Å². The number of nitrogens with zero attached hydrogens (tertiary/aromatic N) is 2. The predicted octanol–water partition coefficient (Wildman–Crippen LogP) is 6.58. The normalized spacial score (nSPS) is 11.5. The van der Waals surface area contributed by atoms with E-state index in [1.807, 2.05) is 30.3 Å². The third-order valence-corrected chi connectivity index (χ3v) is 6.10. The Bertz CT molecular complexity index is 1420. The monoisotopic (exact) mass is 533 g/mol. The van der Waals surface area contributed by atoms with E-state index in [1.165, 1.54) is 6.20 Å². The highest BCUT2D eigenvalue weighted by molar-refractivity contribution is 6.30. The molecule has 3 N–H and O–H groups in total. The summed E-state index contributed by atoms with van der Waals surface area (Å²) in [6.07, 6.45) is 0.259. The molecule has 1 aromatic heterocycles. The Morgan fingerprint density at radius 1 is 1.05 bits per heavy atom. The summed E-state index contributed by atoms with van der Waals surface area (Å²) in [6, 6.07) is 20.3. The summed E-state index contributed by atoms with van der Waals surface area (Å²) in [5.74, 6) is 0.521. The molecule has 0 saturated carbocycles. The lowest BCUT2D eigenvalue weighted by molar-refractivity contribution is 0.112. The maximum absolute atomic E-state index is 12.7. The molecule has 3 aromatic carbocycles. The molecule has 0 aliphatic heterocycles. The van der Waals surface area contributed by atoms with Crippen LogP contribution in [-0.2, 0) is 4.74 Å². The molecule has 1 heterocycles. The number of ether oxygens (including phenoxy) is 1. The number of primary amides is 1. The lowest BCUT2D eigenvalue weighted by atomic mass is 10.0. The average Bonchev–Trinajstić information content (AvgIpc) is 3.41. The summed E-state index contributed by atoms with van der Waals surface area (Å²) in [4.78, 5) is 41.1.